The molecular formula is C15H35NO. The Morgan fingerprint density at radius 1 is 1.18 bits per heavy atom. The first-order valence-electron chi connectivity index (χ1n) is 6.74. The predicted octanol–water partition coefficient (Wildman–Crippen LogP) is 4.42. The Balaban J connectivity index is -0.000000267. The topological polar surface area (TPSA) is 43.1 Å². The van der Waals surface area contributed by atoms with Gasteiger partial charge in [0.05, 0.1) is 0 Å². The fourth-order valence-electron chi connectivity index (χ4n) is 1.00. The number of hydrogen-bond donors (Lipinski definition) is 1. The highest BCUT2D eigenvalue weighted by atomic mass is 16.1. The molecule has 2 N–H and O–H groups in total. The molecular weight excluding hydrogens is 210 g/mol. The smallest absolute Gasteiger partial charge is 0.106 e. The molecule has 2 nitrogen and oxygen atoms in total. The van der Waals surface area contributed by atoms with Crippen molar-refractivity contribution in [2.24, 2.45) is 17.1 Å². The van der Waals surface area contributed by atoms with Crippen molar-refractivity contribution in [2.45, 2.75) is 79.2 Å². The van der Waals surface area contributed by atoms with Gasteiger partial charge in [-0.25, -0.2) is 0 Å². The molecule has 0 aromatic rings. The molecule has 17 heavy (non-hydrogen) atoms. The second-order valence-electron chi connectivity index (χ2n) is 6.75. The fraction of sp³-hybridized carbons (Fsp3) is 0.933. The SMILES string of the molecule is C=O.CC1CC1.CCC(C)(N)CCC(C)(C)C.[HH]. The minimum absolute atomic E-state index is 0. The van der Waals surface area contributed by atoms with Crippen molar-refractivity contribution in [1.82, 2.24) is 0 Å². The van der Waals surface area contributed by atoms with Gasteiger partial charge in [-0.2, -0.15) is 0 Å². The largest absolute Gasteiger partial charge is 0.325 e. The highest BCUT2D eigenvalue weighted by Crippen LogP contribution is 2.26. The highest BCUT2D eigenvalue weighted by molar-refractivity contribution is 5.10. The molecule has 0 spiro atoms. The van der Waals surface area contributed by atoms with Crippen molar-refractivity contribution in [3.8, 4) is 0 Å². The van der Waals surface area contributed by atoms with Crippen LogP contribution in [0.3, 0.4) is 0 Å². The van der Waals surface area contributed by atoms with E-state index in [4.69, 9.17) is 10.5 Å². The van der Waals surface area contributed by atoms with Crippen LogP contribution in [-0.4, -0.2) is 12.3 Å². The summed E-state index contributed by atoms with van der Waals surface area (Å²) in [4.78, 5) is 8.00. The maximum Gasteiger partial charge on any atom is 0.106 e. The quantitative estimate of drug-likeness (QED) is 0.800. The Bertz CT molecular complexity index is 183. The molecule has 1 aliphatic rings. The van der Waals surface area contributed by atoms with E-state index in [-0.39, 0.29) is 6.97 Å². The lowest BCUT2D eigenvalue weighted by molar-refractivity contribution is -0.0979. The average molecular weight is 245 g/mol. The third-order valence-electron chi connectivity index (χ3n) is 3.12. The molecule has 0 amide bonds. The van der Waals surface area contributed by atoms with E-state index in [1.807, 2.05) is 6.79 Å². The Kier molecular flexibility index (Phi) is 9.69. The fourth-order valence-corrected chi connectivity index (χ4v) is 1.00. The van der Waals surface area contributed by atoms with Crippen LogP contribution in [0.15, 0.2) is 0 Å². The number of carbonyl (C=O) groups is 1. The minimum Gasteiger partial charge on any atom is -0.325 e. The van der Waals surface area contributed by atoms with Crippen LogP contribution in [-0.2, 0) is 4.79 Å². The molecule has 0 bridgehead atoms. The number of carbonyl (C=O) groups excluding carboxylic acids is 1. The molecule has 0 aliphatic heterocycles. The first-order chi connectivity index (χ1) is 7.66. The number of rotatable bonds is 3. The first kappa shape index (κ1) is 19.0. The second-order valence-corrected chi connectivity index (χ2v) is 6.75. The number of nitrogens with two attached hydrogens (primary N) is 1. The maximum absolute atomic E-state index is 8.00. The Morgan fingerprint density at radius 2 is 1.53 bits per heavy atom. The van der Waals surface area contributed by atoms with Crippen LogP contribution in [0.1, 0.15) is 75.1 Å². The van der Waals surface area contributed by atoms with Gasteiger partial charge in [-0.15, -0.1) is 0 Å². The van der Waals surface area contributed by atoms with Crippen molar-refractivity contribution in [3.05, 3.63) is 0 Å². The van der Waals surface area contributed by atoms with E-state index in [0.29, 0.717) is 5.41 Å². The van der Waals surface area contributed by atoms with E-state index >= 15 is 0 Å². The van der Waals surface area contributed by atoms with Crippen LogP contribution >= 0.6 is 0 Å². The van der Waals surface area contributed by atoms with Gasteiger partial charge < -0.3 is 10.5 Å². The average Bonchev–Trinajstić information content (AvgIpc) is 3.01. The summed E-state index contributed by atoms with van der Waals surface area (Å²) in [6.07, 6.45) is 6.39. The lowest BCUT2D eigenvalue weighted by Crippen LogP contribution is -2.36. The minimum atomic E-state index is 0. The van der Waals surface area contributed by atoms with E-state index in [2.05, 4.69) is 41.5 Å². The lowest BCUT2D eigenvalue weighted by Gasteiger charge is -2.27. The van der Waals surface area contributed by atoms with Crippen molar-refractivity contribution in [2.75, 3.05) is 0 Å². The van der Waals surface area contributed by atoms with E-state index < -0.39 is 0 Å². The molecule has 1 unspecified atom stereocenters. The zero-order valence-corrected chi connectivity index (χ0v) is 12.8. The standard InChI is InChI=1S/C10H23N.C4H8.CH2O.H2/c1-6-10(5,11)8-7-9(2,3)4;1-4-2-3-4;1-2;/h6-8,11H2,1-5H3;4H,2-3H2,1H3;1H2;1H. The first-order valence-corrected chi connectivity index (χ1v) is 6.74. The zero-order chi connectivity index (χ0) is 14.1. The monoisotopic (exact) mass is 245 g/mol. The van der Waals surface area contributed by atoms with Crippen molar-refractivity contribution < 1.29 is 6.22 Å². The van der Waals surface area contributed by atoms with E-state index in [9.17, 15) is 0 Å². The van der Waals surface area contributed by atoms with Gasteiger partial charge in [-0.05, 0) is 37.5 Å². The van der Waals surface area contributed by atoms with Crippen molar-refractivity contribution in [1.29, 1.82) is 0 Å². The van der Waals surface area contributed by atoms with Gasteiger partial charge in [0, 0.05) is 6.97 Å². The third kappa shape index (κ3) is 18.2. The van der Waals surface area contributed by atoms with Gasteiger partial charge in [0.15, 0.2) is 0 Å². The van der Waals surface area contributed by atoms with Gasteiger partial charge in [-0.3, -0.25) is 0 Å². The summed E-state index contributed by atoms with van der Waals surface area (Å²) in [7, 11) is 0. The van der Waals surface area contributed by atoms with Gasteiger partial charge in [0.25, 0.3) is 0 Å². The van der Waals surface area contributed by atoms with Gasteiger partial charge in [0.1, 0.15) is 6.79 Å². The molecule has 0 radical (unpaired) electrons. The van der Waals surface area contributed by atoms with Crippen LogP contribution in [0.4, 0.5) is 0 Å². The molecule has 0 saturated heterocycles. The van der Waals surface area contributed by atoms with Gasteiger partial charge in [-0.1, -0.05) is 47.5 Å². The van der Waals surface area contributed by atoms with Crippen LogP contribution in [0.25, 0.3) is 0 Å². The molecule has 1 rings (SSSR count). The van der Waals surface area contributed by atoms with E-state index in [1.165, 1.54) is 19.3 Å². The molecule has 0 heterocycles. The summed E-state index contributed by atoms with van der Waals surface area (Å²) in [5.41, 5.74) is 6.50. The van der Waals surface area contributed by atoms with Gasteiger partial charge >= 0.3 is 0 Å². The summed E-state index contributed by atoms with van der Waals surface area (Å²) >= 11 is 0. The van der Waals surface area contributed by atoms with Crippen molar-refractivity contribution >= 4 is 6.79 Å². The molecule has 0 aromatic carbocycles. The zero-order valence-electron chi connectivity index (χ0n) is 12.8. The van der Waals surface area contributed by atoms with Crippen LogP contribution in [0, 0.1) is 11.3 Å². The summed E-state index contributed by atoms with van der Waals surface area (Å²) in [6.45, 7) is 15.4. The number of hydrogen-bond acceptors (Lipinski definition) is 2. The molecule has 1 saturated carbocycles. The molecule has 0 aromatic heterocycles. The predicted molar refractivity (Wildman–Crippen MR) is 79.2 cm³/mol. The van der Waals surface area contributed by atoms with Crippen LogP contribution in [0.5, 0.6) is 0 Å². The lowest BCUT2D eigenvalue weighted by atomic mass is 9.83. The van der Waals surface area contributed by atoms with Gasteiger partial charge in [0.2, 0.25) is 0 Å². The van der Waals surface area contributed by atoms with E-state index in [0.717, 1.165) is 18.8 Å². The maximum atomic E-state index is 8.00. The highest BCUT2D eigenvalue weighted by Gasteiger charge is 2.19. The Hall–Kier alpha value is -0.370. The summed E-state index contributed by atoms with van der Waals surface area (Å²) < 4.78 is 0. The molecule has 1 fully saturated rings. The van der Waals surface area contributed by atoms with Crippen LogP contribution in [0.2, 0.25) is 0 Å². The van der Waals surface area contributed by atoms with E-state index in [1.54, 1.807) is 0 Å². The Labute approximate surface area is 110 Å². The molecule has 106 valence electrons. The summed E-state index contributed by atoms with van der Waals surface area (Å²) in [6, 6.07) is 0. The Morgan fingerprint density at radius 3 is 1.71 bits per heavy atom. The molecule has 1 aliphatic carbocycles. The van der Waals surface area contributed by atoms with Crippen LogP contribution < -0.4 is 5.73 Å². The van der Waals surface area contributed by atoms with Crippen molar-refractivity contribution in [3.63, 3.8) is 0 Å². The molecule has 2 heteroatoms. The summed E-state index contributed by atoms with van der Waals surface area (Å²) in [5.74, 6) is 1.08. The third-order valence-corrected chi connectivity index (χ3v) is 3.12. The molecule has 1 atom stereocenters. The summed E-state index contributed by atoms with van der Waals surface area (Å²) in [5, 5.41) is 0. The normalized spacial score (nSPS) is 18.1. The second kappa shape index (κ2) is 8.68.